The summed E-state index contributed by atoms with van der Waals surface area (Å²) in [6.07, 6.45) is 62.5. The first kappa shape index (κ1) is 55.3. The largest absolute Gasteiger partial charge is 0.462 e. The molecule has 0 saturated carbocycles. The number of aliphatic hydroxyl groups is 2. The summed E-state index contributed by atoms with van der Waals surface area (Å²) >= 11 is 0. The second kappa shape index (κ2) is 45.3. The van der Waals surface area contributed by atoms with Crippen LogP contribution < -0.4 is 5.32 Å². The molecule has 1 amide bonds. The molecule has 0 fully saturated rings. The highest BCUT2D eigenvalue weighted by molar-refractivity contribution is 5.77. The van der Waals surface area contributed by atoms with Gasteiger partial charge < -0.3 is 20.3 Å². The topological polar surface area (TPSA) is 95.9 Å². The molecule has 0 heterocycles. The van der Waals surface area contributed by atoms with Crippen molar-refractivity contribution in [2.75, 3.05) is 6.61 Å². The Hall–Kier alpha value is -3.74. The Bertz CT molecular complexity index is 1280. The summed E-state index contributed by atoms with van der Waals surface area (Å²) in [6.45, 7) is 6.13. The van der Waals surface area contributed by atoms with Crippen LogP contribution in [0.3, 0.4) is 0 Å². The van der Waals surface area contributed by atoms with Crippen LogP contribution in [0.2, 0.25) is 0 Å². The molecule has 0 spiro atoms. The second-order valence-electron chi connectivity index (χ2n) is 15.3. The third kappa shape index (κ3) is 40.8. The van der Waals surface area contributed by atoms with Crippen molar-refractivity contribution in [2.45, 2.75) is 193 Å². The lowest BCUT2D eigenvalue weighted by Crippen LogP contribution is -2.46. The van der Waals surface area contributed by atoms with Gasteiger partial charge in [-0.1, -0.05) is 226 Å². The molecule has 0 aliphatic rings. The number of aliphatic hydroxyl groups excluding tert-OH is 2. The highest BCUT2D eigenvalue weighted by Gasteiger charge is 2.24. The van der Waals surface area contributed by atoms with E-state index in [-0.39, 0.29) is 24.9 Å². The number of carbonyl (C=O) groups excluding carboxylic acids is 2. The average molecular weight is 816 g/mol. The minimum atomic E-state index is -0.818. The number of rotatable bonds is 39. The summed E-state index contributed by atoms with van der Waals surface area (Å²) in [5.74, 6) is -0.593. The van der Waals surface area contributed by atoms with E-state index in [4.69, 9.17) is 4.74 Å². The van der Waals surface area contributed by atoms with Crippen LogP contribution >= 0.6 is 0 Å². The van der Waals surface area contributed by atoms with Gasteiger partial charge in [0.25, 0.3) is 0 Å². The van der Waals surface area contributed by atoms with Gasteiger partial charge in [-0.05, 0) is 57.8 Å². The van der Waals surface area contributed by atoms with E-state index in [1.54, 1.807) is 0 Å². The number of ether oxygens (including phenoxy) is 1. The molecule has 6 heteroatoms. The van der Waals surface area contributed by atoms with Crippen LogP contribution in [-0.4, -0.2) is 46.9 Å². The molecule has 3 atom stereocenters. The number of amides is 1. The number of carbonyl (C=O) groups is 2. The molecule has 0 radical (unpaired) electrons. The molecule has 3 unspecified atom stereocenters. The van der Waals surface area contributed by atoms with Crippen molar-refractivity contribution in [1.29, 1.82) is 0 Å². The maximum Gasteiger partial charge on any atom is 0.306 e. The van der Waals surface area contributed by atoms with Gasteiger partial charge in [-0.3, -0.25) is 9.59 Å². The van der Waals surface area contributed by atoms with Crippen molar-refractivity contribution in [2.24, 2.45) is 0 Å². The van der Waals surface area contributed by atoms with Crippen molar-refractivity contribution >= 4 is 11.9 Å². The molecule has 0 aliphatic carbocycles. The number of nitrogens with one attached hydrogen (secondary N) is 1. The van der Waals surface area contributed by atoms with E-state index in [9.17, 15) is 19.8 Å². The maximum absolute atomic E-state index is 13.1. The fraction of sp³-hybridized carbons (Fsp3) is 0.585. The fourth-order valence-electron chi connectivity index (χ4n) is 6.30. The van der Waals surface area contributed by atoms with Crippen molar-refractivity contribution in [1.82, 2.24) is 5.32 Å². The summed E-state index contributed by atoms with van der Waals surface area (Å²) in [5.41, 5.74) is 0. The van der Waals surface area contributed by atoms with Crippen molar-refractivity contribution in [3.63, 3.8) is 0 Å². The number of esters is 1. The maximum atomic E-state index is 13.1. The minimum Gasteiger partial charge on any atom is -0.462 e. The van der Waals surface area contributed by atoms with Gasteiger partial charge in [0.15, 0.2) is 0 Å². The van der Waals surface area contributed by atoms with E-state index in [0.29, 0.717) is 19.3 Å². The highest BCUT2D eigenvalue weighted by atomic mass is 16.5. The minimum absolute atomic E-state index is 0.00806. The Labute approximate surface area is 361 Å². The predicted octanol–water partition coefficient (Wildman–Crippen LogP) is 13.7. The van der Waals surface area contributed by atoms with Crippen LogP contribution in [0.25, 0.3) is 0 Å². The quantitative estimate of drug-likeness (QED) is 0.0326. The van der Waals surface area contributed by atoms with Crippen molar-refractivity contribution in [3.8, 4) is 0 Å². The number of unbranched alkanes of at least 4 members (excludes halogenated alkanes) is 15. The Morgan fingerprint density at radius 3 is 1.42 bits per heavy atom. The van der Waals surface area contributed by atoms with Gasteiger partial charge in [-0.2, -0.15) is 0 Å². The second-order valence-corrected chi connectivity index (χ2v) is 15.3. The first-order valence-corrected chi connectivity index (χ1v) is 23.4. The number of allylic oxidation sites excluding steroid dienone is 20. The first-order valence-electron chi connectivity index (χ1n) is 23.4. The smallest absolute Gasteiger partial charge is 0.306 e. The van der Waals surface area contributed by atoms with Gasteiger partial charge in [0.2, 0.25) is 5.91 Å². The van der Waals surface area contributed by atoms with Crippen LogP contribution in [0.1, 0.15) is 175 Å². The lowest BCUT2D eigenvalue weighted by atomic mass is 10.0. The zero-order valence-corrected chi connectivity index (χ0v) is 37.6. The summed E-state index contributed by atoms with van der Waals surface area (Å²) in [6, 6.07) is -0.738. The molecule has 0 aromatic heterocycles. The zero-order chi connectivity index (χ0) is 43.1. The van der Waals surface area contributed by atoms with Crippen molar-refractivity contribution < 1.29 is 24.5 Å². The van der Waals surface area contributed by atoms with Crippen LogP contribution in [0.5, 0.6) is 0 Å². The Kier molecular flexibility index (Phi) is 42.5. The molecule has 0 saturated heterocycles. The molecule has 0 aromatic rings. The SMILES string of the molecule is CC\C=C/C=C/C=C/C=C\C=C\C=C\CCCC(CC(=O)NC(CO)C(O)CCCCCCCCCCCC)OC(=O)CCCCCCC\C=C/C=C/C=C/C=C/CC. The fourth-order valence-corrected chi connectivity index (χ4v) is 6.30. The van der Waals surface area contributed by atoms with Crippen LogP contribution in [0.4, 0.5) is 0 Å². The van der Waals surface area contributed by atoms with E-state index >= 15 is 0 Å². The van der Waals surface area contributed by atoms with E-state index in [2.05, 4.69) is 62.5 Å². The van der Waals surface area contributed by atoms with Gasteiger partial charge in [0.05, 0.1) is 25.2 Å². The van der Waals surface area contributed by atoms with E-state index in [0.717, 1.165) is 83.5 Å². The monoisotopic (exact) mass is 816 g/mol. The lowest BCUT2D eigenvalue weighted by Gasteiger charge is -2.24. The zero-order valence-electron chi connectivity index (χ0n) is 37.6. The molecule has 3 N–H and O–H groups in total. The summed E-state index contributed by atoms with van der Waals surface area (Å²) < 4.78 is 5.86. The number of hydrogen-bond donors (Lipinski definition) is 3. The molecular formula is C53H85NO5. The summed E-state index contributed by atoms with van der Waals surface area (Å²) in [4.78, 5) is 26.0. The molecule has 0 rings (SSSR count). The van der Waals surface area contributed by atoms with Gasteiger partial charge in [-0.25, -0.2) is 0 Å². The van der Waals surface area contributed by atoms with Gasteiger partial charge in [-0.15, -0.1) is 0 Å². The summed E-state index contributed by atoms with van der Waals surface area (Å²) in [7, 11) is 0. The molecule has 6 nitrogen and oxygen atoms in total. The molecule has 59 heavy (non-hydrogen) atoms. The van der Waals surface area contributed by atoms with Gasteiger partial charge in [0.1, 0.15) is 6.10 Å². The highest BCUT2D eigenvalue weighted by Crippen LogP contribution is 2.16. The van der Waals surface area contributed by atoms with Crippen LogP contribution in [0.15, 0.2) is 122 Å². The first-order chi connectivity index (χ1) is 29.0. The molecular weight excluding hydrogens is 731 g/mol. The van der Waals surface area contributed by atoms with Crippen molar-refractivity contribution in [3.05, 3.63) is 122 Å². The lowest BCUT2D eigenvalue weighted by molar-refractivity contribution is -0.151. The molecule has 0 bridgehead atoms. The third-order valence-electron chi connectivity index (χ3n) is 9.79. The van der Waals surface area contributed by atoms with Crippen LogP contribution in [-0.2, 0) is 14.3 Å². The van der Waals surface area contributed by atoms with E-state index in [1.807, 2.05) is 85.1 Å². The third-order valence-corrected chi connectivity index (χ3v) is 9.79. The summed E-state index contributed by atoms with van der Waals surface area (Å²) in [5, 5.41) is 23.6. The average Bonchev–Trinajstić information content (AvgIpc) is 3.23. The van der Waals surface area contributed by atoms with Gasteiger partial charge >= 0.3 is 5.97 Å². The molecule has 0 aromatic carbocycles. The molecule has 332 valence electrons. The van der Waals surface area contributed by atoms with Gasteiger partial charge in [0, 0.05) is 6.42 Å². The predicted molar refractivity (Wildman–Crippen MR) is 254 cm³/mol. The standard InChI is InChI=1S/C53H85NO5/c1-4-7-10-13-16-19-22-24-26-28-30-32-35-38-41-44-49(59-53(58)46-43-40-37-34-31-29-27-25-23-20-17-14-11-8-5-2)47-52(57)54-50(48-55)51(56)45-42-39-36-33-21-18-15-12-9-6-3/h7-8,10-11,13-14,16-17,19-20,22-28,30,32,35,49-51,55-56H,4-6,9,12,15,18,21,29,31,33-34,36-48H2,1-3H3,(H,54,57)/b10-7-,11-8+,16-13+,17-14+,22-19+,23-20+,26-24-,27-25-,30-28+,35-32+. The Morgan fingerprint density at radius 2 is 0.932 bits per heavy atom. The normalized spacial score (nSPS) is 14.5. The Morgan fingerprint density at radius 1 is 0.508 bits per heavy atom. The molecule has 0 aliphatic heterocycles. The van der Waals surface area contributed by atoms with E-state index < -0.39 is 18.2 Å². The van der Waals surface area contributed by atoms with Crippen LogP contribution in [0, 0.1) is 0 Å². The number of hydrogen-bond acceptors (Lipinski definition) is 5. The Balaban J connectivity index is 4.84. The van der Waals surface area contributed by atoms with E-state index in [1.165, 1.54) is 44.9 Å².